The number of fused-ring (bicyclic) bond motifs is 1. The molecule has 0 aliphatic carbocycles. The highest BCUT2D eigenvalue weighted by molar-refractivity contribution is 6.41. The number of methoxy groups -OCH3 is 3. The Balaban J connectivity index is 1.90. The van der Waals surface area contributed by atoms with E-state index in [0.29, 0.717) is 49.8 Å². The lowest BCUT2D eigenvalue weighted by molar-refractivity contribution is -0.114. The molecule has 4 aromatic rings. The Labute approximate surface area is 213 Å². The summed E-state index contributed by atoms with van der Waals surface area (Å²) >= 11 is 13.3. The van der Waals surface area contributed by atoms with Gasteiger partial charge in [0, 0.05) is 35.2 Å². The van der Waals surface area contributed by atoms with Gasteiger partial charge >= 0.3 is 0 Å². The van der Waals surface area contributed by atoms with Gasteiger partial charge in [0.05, 0.1) is 31.4 Å². The highest BCUT2D eigenvalue weighted by Crippen LogP contribution is 2.47. The molecule has 0 unspecified atom stereocenters. The van der Waals surface area contributed by atoms with Crippen LogP contribution in [0.5, 0.6) is 17.2 Å². The van der Waals surface area contributed by atoms with Crippen molar-refractivity contribution >= 4 is 39.9 Å². The molecule has 0 aliphatic heterocycles. The standard InChI is InChI=1S/C27H22Cl2N2O4/c1-5-18(32)11-15-8-6-7-9-19(15)27-30-14-17-10-16(12-22(35-4)26(17)31-27)23-24(28)20(33-2)13-21(34-3)25(23)29/h5-10,12-14H,1,11H2,2-4H3. The van der Waals surface area contributed by atoms with Crippen LogP contribution in [0.4, 0.5) is 0 Å². The third kappa shape index (κ3) is 4.67. The average Bonchev–Trinajstić information content (AvgIpc) is 2.88. The van der Waals surface area contributed by atoms with E-state index in [4.69, 9.17) is 42.4 Å². The van der Waals surface area contributed by atoms with Crippen LogP contribution in [0.15, 0.2) is 61.3 Å². The van der Waals surface area contributed by atoms with Crippen LogP contribution in [0, 0.1) is 0 Å². The van der Waals surface area contributed by atoms with Crippen molar-refractivity contribution in [3.05, 3.63) is 76.9 Å². The SMILES string of the molecule is C=CC(=O)Cc1ccccc1-c1ncc2cc(-c3c(Cl)c(OC)cc(OC)c3Cl)cc(OC)c2n1. The van der Waals surface area contributed by atoms with Gasteiger partial charge in [-0.05, 0) is 29.3 Å². The molecule has 0 saturated heterocycles. The summed E-state index contributed by atoms with van der Waals surface area (Å²) in [5, 5.41) is 1.41. The molecule has 4 rings (SSSR count). The van der Waals surface area contributed by atoms with Crippen molar-refractivity contribution in [2.75, 3.05) is 21.3 Å². The van der Waals surface area contributed by atoms with Gasteiger partial charge in [-0.1, -0.05) is 54.0 Å². The van der Waals surface area contributed by atoms with E-state index in [1.165, 1.54) is 20.3 Å². The number of carbonyl (C=O) groups is 1. The molecule has 3 aromatic carbocycles. The summed E-state index contributed by atoms with van der Waals surface area (Å²) in [6, 6.07) is 12.8. The second-order valence-corrected chi connectivity index (χ2v) is 8.35. The number of hydrogen-bond acceptors (Lipinski definition) is 6. The zero-order valence-electron chi connectivity index (χ0n) is 19.4. The van der Waals surface area contributed by atoms with E-state index in [0.717, 1.165) is 16.5 Å². The maximum Gasteiger partial charge on any atom is 0.160 e. The van der Waals surface area contributed by atoms with Gasteiger partial charge in [-0.2, -0.15) is 0 Å². The summed E-state index contributed by atoms with van der Waals surface area (Å²) in [5.41, 5.74) is 3.42. The fourth-order valence-corrected chi connectivity index (χ4v) is 4.55. The quantitative estimate of drug-likeness (QED) is 0.250. The molecule has 0 aliphatic rings. The predicted octanol–water partition coefficient (Wildman–Crippen LogP) is 6.59. The molecule has 0 amide bonds. The summed E-state index contributed by atoms with van der Waals surface area (Å²) in [5.74, 6) is 1.77. The zero-order chi connectivity index (χ0) is 25.1. The molecule has 0 radical (unpaired) electrons. The van der Waals surface area contributed by atoms with Gasteiger partial charge in [0.15, 0.2) is 11.6 Å². The molecule has 0 saturated carbocycles. The van der Waals surface area contributed by atoms with E-state index in [1.54, 1.807) is 25.4 Å². The highest BCUT2D eigenvalue weighted by atomic mass is 35.5. The average molecular weight is 509 g/mol. The lowest BCUT2D eigenvalue weighted by Crippen LogP contribution is -2.02. The molecule has 0 fully saturated rings. The van der Waals surface area contributed by atoms with E-state index in [2.05, 4.69) is 11.6 Å². The van der Waals surface area contributed by atoms with E-state index < -0.39 is 0 Å². The van der Waals surface area contributed by atoms with Gasteiger partial charge in [0.2, 0.25) is 0 Å². The third-order valence-electron chi connectivity index (χ3n) is 5.58. The van der Waals surface area contributed by atoms with E-state index >= 15 is 0 Å². The minimum absolute atomic E-state index is 0.0806. The van der Waals surface area contributed by atoms with Gasteiger partial charge in [-0.25, -0.2) is 9.97 Å². The fourth-order valence-electron chi connectivity index (χ4n) is 3.83. The number of allylic oxidation sites excluding steroid dienone is 1. The number of aromatic nitrogens is 2. The lowest BCUT2D eigenvalue weighted by atomic mass is 10.0. The number of hydrogen-bond donors (Lipinski definition) is 0. The van der Waals surface area contributed by atoms with E-state index in [9.17, 15) is 4.79 Å². The molecule has 6 nitrogen and oxygen atoms in total. The molecular formula is C27H22Cl2N2O4. The van der Waals surface area contributed by atoms with Gasteiger partial charge in [0.1, 0.15) is 22.8 Å². The van der Waals surface area contributed by atoms with Crippen LogP contribution in [0.3, 0.4) is 0 Å². The molecule has 178 valence electrons. The fraction of sp³-hybridized carbons (Fsp3) is 0.148. The Kier molecular flexibility index (Phi) is 7.24. The first-order valence-corrected chi connectivity index (χ1v) is 11.4. The molecule has 1 aromatic heterocycles. The molecule has 1 heterocycles. The number of carbonyl (C=O) groups excluding carboxylic acids is 1. The molecule has 35 heavy (non-hydrogen) atoms. The van der Waals surface area contributed by atoms with E-state index in [-0.39, 0.29) is 12.2 Å². The van der Waals surface area contributed by atoms with Crippen molar-refractivity contribution in [3.8, 4) is 39.8 Å². The Morgan fingerprint density at radius 3 is 2.26 bits per heavy atom. The molecule has 8 heteroatoms. The van der Waals surface area contributed by atoms with Crippen molar-refractivity contribution in [1.82, 2.24) is 9.97 Å². The molecule has 0 bridgehead atoms. The number of halogens is 2. The van der Waals surface area contributed by atoms with E-state index in [1.807, 2.05) is 30.3 Å². The normalized spacial score (nSPS) is 10.8. The predicted molar refractivity (Wildman–Crippen MR) is 139 cm³/mol. The van der Waals surface area contributed by atoms with Gasteiger partial charge in [0.25, 0.3) is 0 Å². The number of ketones is 1. The largest absolute Gasteiger partial charge is 0.495 e. The molecular weight excluding hydrogens is 487 g/mol. The van der Waals surface area contributed by atoms with Crippen LogP contribution in [-0.4, -0.2) is 37.1 Å². The van der Waals surface area contributed by atoms with Gasteiger partial charge in [-0.15, -0.1) is 0 Å². The van der Waals surface area contributed by atoms with Crippen LogP contribution in [0.1, 0.15) is 5.56 Å². The van der Waals surface area contributed by atoms with Gasteiger partial charge in [-0.3, -0.25) is 4.79 Å². The van der Waals surface area contributed by atoms with Crippen molar-refractivity contribution in [1.29, 1.82) is 0 Å². The molecule has 0 N–H and O–H groups in total. The summed E-state index contributed by atoms with van der Waals surface area (Å²) < 4.78 is 16.5. The smallest absolute Gasteiger partial charge is 0.160 e. The first-order chi connectivity index (χ1) is 16.9. The maximum atomic E-state index is 12.0. The van der Waals surface area contributed by atoms with Crippen molar-refractivity contribution < 1.29 is 19.0 Å². The Bertz CT molecular complexity index is 1430. The van der Waals surface area contributed by atoms with Crippen LogP contribution < -0.4 is 14.2 Å². The van der Waals surface area contributed by atoms with Crippen molar-refractivity contribution in [2.24, 2.45) is 0 Å². The lowest BCUT2D eigenvalue weighted by Gasteiger charge is -2.16. The maximum absolute atomic E-state index is 12.0. The summed E-state index contributed by atoms with van der Waals surface area (Å²) in [6.45, 7) is 3.56. The number of rotatable bonds is 8. The Morgan fingerprint density at radius 1 is 0.971 bits per heavy atom. The minimum atomic E-state index is -0.0806. The van der Waals surface area contributed by atoms with Gasteiger partial charge < -0.3 is 14.2 Å². The Morgan fingerprint density at radius 2 is 1.63 bits per heavy atom. The first kappa shape index (κ1) is 24.5. The second kappa shape index (κ2) is 10.3. The van der Waals surface area contributed by atoms with Crippen molar-refractivity contribution in [2.45, 2.75) is 6.42 Å². The summed E-state index contributed by atoms with van der Waals surface area (Å²) in [7, 11) is 4.61. The first-order valence-electron chi connectivity index (χ1n) is 10.6. The van der Waals surface area contributed by atoms with Crippen molar-refractivity contribution in [3.63, 3.8) is 0 Å². The van der Waals surface area contributed by atoms with Crippen LogP contribution in [0.2, 0.25) is 10.0 Å². The number of ether oxygens (including phenoxy) is 3. The zero-order valence-corrected chi connectivity index (χ0v) is 20.9. The monoisotopic (exact) mass is 508 g/mol. The molecule has 0 spiro atoms. The minimum Gasteiger partial charge on any atom is -0.495 e. The summed E-state index contributed by atoms with van der Waals surface area (Å²) in [4.78, 5) is 21.3. The summed E-state index contributed by atoms with van der Waals surface area (Å²) in [6.07, 6.45) is 3.23. The van der Waals surface area contributed by atoms with Crippen LogP contribution in [-0.2, 0) is 11.2 Å². The topological polar surface area (TPSA) is 70.5 Å². The third-order valence-corrected chi connectivity index (χ3v) is 6.33. The number of benzene rings is 3. The second-order valence-electron chi connectivity index (χ2n) is 7.60. The molecule has 0 atom stereocenters. The Hall–Kier alpha value is -3.61. The number of nitrogens with zero attached hydrogens (tertiary/aromatic N) is 2. The highest BCUT2D eigenvalue weighted by Gasteiger charge is 2.21. The van der Waals surface area contributed by atoms with Crippen LogP contribution >= 0.6 is 23.2 Å². The van der Waals surface area contributed by atoms with Crippen LogP contribution in [0.25, 0.3) is 33.4 Å².